The maximum Gasteiger partial charge on any atom is 0.416 e. The molecule has 5 aromatic rings. The minimum absolute atomic E-state index is 0.0424. The van der Waals surface area contributed by atoms with Crippen LogP contribution in [0.2, 0.25) is 0 Å². The van der Waals surface area contributed by atoms with E-state index in [0.29, 0.717) is 11.3 Å². The molecule has 2 aromatic heterocycles. The molecule has 182 valence electrons. The Bertz CT molecular complexity index is 1670. The first kappa shape index (κ1) is 23.1. The zero-order chi connectivity index (χ0) is 25.4. The second-order valence-corrected chi connectivity index (χ2v) is 7.98. The number of methoxy groups -OCH3 is 1. The third-order valence-electron chi connectivity index (χ3n) is 5.67. The number of aromatic amines is 1. The van der Waals surface area contributed by atoms with Crippen molar-refractivity contribution < 1.29 is 22.7 Å². The predicted octanol–water partition coefficient (Wildman–Crippen LogP) is 4.20. The number of nitrogens with zero attached hydrogens (tertiary/aromatic N) is 3. The molecule has 0 saturated carbocycles. The van der Waals surface area contributed by atoms with E-state index in [2.05, 4.69) is 20.6 Å². The fraction of sp³-hybridized carbons (Fsp3) is 0.120. The number of carbonyl (C=O) groups is 1. The zero-order valence-electron chi connectivity index (χ0n) is 18.8. The molecule has 0 spiro atoms. The van der Waals surface area contributed by atoms with Crippen LogP contribution in [0.3, 0.4) is 0 Å². The Morgan fingerprint density at radius 2 is 1.89 bits per heavy atom. The van der Waals surface area contributed by atoms with Gasteiger partial charge in [-0.15, -0.1) is 0 Å². The van der Waals surface area contributed by atoms with Gasteiger partial charge < -0.3 is 10.1 Å². The lowest BCUT2D eigenvalue weighted by Gasteiger charge is -2.08. The third kappa shape index (κ3) is 4.26. The van der Waals surface area contributed by atoms with E-state index in [0.717, 1.165) is 17.7 Å². The summed E-state index contributed by atoms with van der Waals surface area (Å²) >= 11 is 0. The van der Waals surface area contributed by atoms with Crippen molar-refractivity contribution in [3.63, 3.8) is 0 Å². The van der Waals surface area contributed by atoms with Gasteiger partial charge in [-0.25, -0.2) is 9.73 Å². The van der Waals surface area contributed by atoms with Crippen LogP contribution in [-0.4, -0.2) is 32.8 Å². The quantitative estimate of drug-likeness (QED) is 0.382. The minimum Gasteiger partial charge on any atom is -0.497 e. The maximum atomic E-state index is 13.2. The average Bonchev–Trinajstić information content (AvgIpc) is 3.30. The van der Waals surface area contributed by atoms with Gasteiger partial charge in [0.2, 0.25) is 0 Å². The molecule has 0 radical (unpaired) electrons. The monoisotopic (exact) mass is 493 g/mol. The van der Waals surface area contributed by atoms with E-state index in [-0.39, 0.29) is 40.3 Å². The number of rotatable bonds is 5. The van der Waals surface area contributed by atoms with Crippen molar-refractivity contribution in [2.24, 2.45) is 0 Å². The molecular formula is C25H18F3N5O3. The van der Waals surface area contributed by atoms with Gasteiger partial charge >= 0.3 is 6.18 Å². The summed E-state index contributed by atoms with van der Waals surface area (Å²) in [5, 5.41) is 9.83. The highest BCUT2D eigenvalue weighted by atomic mass is 19.4. The Labute approximate surface area is 201 Å². The van der Waals surface area contributed by atoms with E-state index in [1.54, 1.807) is 19.2 Å². The fourth-order valence-corrected chi connectivity index (χ4v) is 3.87. The Kier molecular flexibility index (Phi) is 5.67. The first-order valence-electron chi connectivity index (χ1n) is 10.7. The molecule has 5 rings (SSSR count). The molecule has 0 bridgehead atoms. The van der Waals surface area contributed by atoms with Crippen LogP contribution >= 0.6 is 0 Å². The van der Waals surface area contributed by atoms with Crippen LogP contribution in [0.15, 0.2) is 71.5 Å². The molecule has 0 aliphatic rings. The van der Waals surface area contributed by atoms with Crippen molar-refractivity contribution in [3.8, 4) is 17.0 Å². The molecule has 8 nitrogen and oxygen atoms in total. The van der Waals surface area contributed by atoms with Gasteiger partial charge in [0, 0.05) is 17.7 Å². The van der Waals surface area contributed by atoms with Gasteiger partial charge in [0.25, 0.3) is 11.5 Å². The fourth-order valence-electron chi connectivity index (χ4n) is 3.87. The molecule has 0 atom stereocenters. The van der Waals surface area contributed by atoms with Crippen molar-refractivity contribution in [1.82, 2.24) is 25.1 Å². The normalized spacial score (nSPS) is 11.7. The van der Waals surface area contributed by atoms with Crippen molar-refractivity contribution in [2.75, 3.05) is 7.11 Å². The van der Waals surface area contributed by atoms with Gasteiger partial charge in [-0.05, 0) is 48.0 Å². The number of amides is 1. The number of hydrogen-bond donors (Lipinski definition) is 2. The second kappa shape index (κ2) is 8.84. The maximum absolute atomic E-state index is 13.2. The highest BCUT2D eigenvalue weighted by Crippen LogP contribution is 2.32. The summed E-state index contributed by atoms with van der Waals surface area (Å²) in [7, 11) is 1.55. The Morgan fingerprint density at radius 1 is 1.08 bits per heavy atom. The summed E-state index contributed by atoms with van der Waals surface area (Å²) in [5.41, 5.74) is 0.244. The predicted molar refractivity (Wildman–Crippen MR) is 126 cm³/mol. The van der Waals surface area contributed by atoms with Crippen LogP contribution in [-0.2, 0) is 12.7 Å². The van der Waals surface area contributed by atoms with Crippen molar-refractivity contribution in [2.45, 2.75) is 12.7 Å². The standard InChI is InChI=1S/C25H18F3N5O3/c1-36-18-7-2-4-14(10-18)13-29-23(34)16-8-9-19-20(12-16)33-22(30-24(19)35)21(31-32-33)15-5-3-6-17(11-15)25(26,27)28/h2-12,32H,13H2,1H3,(H,29,34). The summed E-state index contributed by atoms with van der Waals surface area (Å²) in [6, 6.07) is 16.3. The summed E-state index contributed by atoms with van der Waals surface area (Å²) in [5.74, 6) is 0.285. The van der Waals surface area contributed by atoms with E-state index < -0.39 is 17.3 Å². The lowest BCUT2D eigenvalue weighted by atomic mass is 10.1. The van der Waals surface area contributed by atoms with Gasteiger partial charge in [-0.2, -0.15) is 23.3 Å². The molecule has 2 N–H and O–H groups in total. The topological polar surface area (TPSA) is 101 Å². The number of nitrogens with one attached hydrogen (secondary N) is 2. The number of carbonyl (C=O) groups excluding carboxylic acids is 1. The number of H-pyrrole nitrogens is 1. The Hall–Kier alpha value is -4.67. The average molecular weight is 493 g/mol. The highest BCUT2D eigenvalue weighted by molar-refractivity contribution is 5.98. The highest BCUT2D eigenvalue weighted by Gasteiger charge is 2.31. The van der Waals surface area contributed by atoms with E-state index in [1.165, 1.54) is 34.8 Å². The zero-order valence-corrected chi connectivity index (χ0v) is 18.8. The molecular weight excluding hydrogens is 475 g/mol. The summed E-state index contributed by atoms with van der Waals surface area (Å²) < 4.78 is 46.1. The molecule has 2 heterocycles. The van der Waals surface area contributed by atoms with E-state index in [4.69, 9.17) is 4.74 Å². The minimum atomic E-state index is -4.54. The molecule has 0 fully saturated rings. The van der Waals surface area contributed by atoms with Crippen LogP contribution in [0.4, 0.5) is 13.2 Å². The summed E-state index contributed by atoms with van der Waals surface area (Å²) in [6.45, 7) is 0.253. The Morgan fingerprint density at radius 3 is 2.67 bits per heavy atom. The third-order valence-corrected chi connectivity index (χ3v) is 5.67. The summed E-state index contributed by atoms with van der Waals surface area (Å²) in [4.78, 5) is 29.5. The van der Waals surface area contributed by atoms with Crippen molar-refractivity contribution in [3.05, 3.63) is 93.8 Å². The molecule has 0 aliphatic heterocycles. The van der Waals surface area contributed by atoms with Crippen LogP contribution in [0.25, 0.3) is 27.8 Å². The lowest BCUT2D eigenvalue weighted by Crippen LogP contribution is -2.23. The molecule has 36 heavy (non-hydrogen) atoms. The van der Waals surface area contributed by atoms with Crippen LogP contribution in [0.5, 0.6) is 5.75 Å². The molecule has 3 aromatic carbocycles. The van der Waals surface area contributed by atoms with Gasteiger partial charge in [0.1, 0.15) is 11.4 Å². The van der Waals surface area contributed by atoms with E-state index >= 15 is 0 Å². The van der Waals surface area contributed by atoms with E-state index in [1.807, 2.05) is 12.1 Å². The van der Waals surface area contributed by atoms with Crippen LogP contribution in [0, 0.1) is 0 Å². The van der Waals surface area contributed by atoms with Gasteiger partial charge in [0.05, 0.1) is 23.6 Å². The number of ether oxygens (including phenoxy) is 1. The summed E-state index contributed by atoms with van der Waals surface area (Å²) in [6.07, 6.45) is -4.54. The number of hydrogen-bond acceptors (Lipinski definition) is 5. The smallest absolute Gasteiger partial charge is 0.416 e. The Balaban J connectivity index is 1.52. The molecule has 1 amide bonds. The van der Waals surface area contributed by atoms with Gasteiger partial charge in [-0.3, -0.25) is 9.59 Å². The van der Waals surface area contributed by atoms with Crippen LogP contribution < -0.4 is 15.6 Å². The molecule has 11 heteroatoms. The van der Waals surface area contributed by atoms with Gasteiger partial charge in [-0.1, -0.05) is 24.3 Å². The largest absolute Gasteiger partial charge is 0.497 e. The number of fused-ring (bicyclic) bond motifs is 3. The molecule has 0 aliphatic carbocycles. The van der Waals surface area contributed by atoms with Crippen molar-refractivity contribution >= 4 is 22.5 Å². The lowest BCUT2D eigenvalue weighted by molar-refractivity contribution is -0.137. The molecule has 0 unspecified atom stereocenters. The van der Waals surface area contributed by atoms with Crippen molar-refractivity contribution in [1.29, 1.82) is 0 Å². The number of halogens is 3. The first-order valence-corrected chi connectivity index (χ1v) is 10.7. The molecule has 0 saturated heterocycles. The SMILES string of the molecule is COc1cccc(CNC(=O)c2ccc3c(=O)nc4c(-c5cccc(C(F)(F)F)c5)n[nH]n4c3c2)c1. The first-order chi connectivity index (χ1) is 17.2. The number of alkyl halides is 3. The second-order valence-electron chi connectivity index (χ2n) is 7.98. The van der Waals surface area contributed by atoms with Crippen LogP contribution in [0.1, 0.15) is 21.5 Å². The van der Waals surface area contributed by atoms with E-state index in [9.17, 15) is 22.8 Å². The number of aromatic nitrogens is 4. The number of benzene rings is 3. The van der Waals surface area contributed by atoms with Gasteiger partial charge in [0.15, 0.2) is 5.65 Å².